The summed E-state index contributed by atoms with van der Waals surface area (Å²) in [6.45, 7) is 4.21. The number of methoxy groups -OCH3 is 1. The largest absolute Gasteiger partial charge is 0.497 e. The third-order valence-corrected chi connectivity index (χ3v) is 6.66. The highest BCUT2D eigenvalue weighted by atomic mass is 32.1. The van der Waals surface area contributed by atoms with Crippen molar-refractivity contribution in [3.05, 3.63) is 112 Å². The summed E-state index contributed by atoms with van der Waals surface area (Å²) >= 11 is 1.61. The van der Waals surface area contributed by atoms with Gasteiger partial charge in [-0.05, 0) is 61.4 Å². The summed E-state index contributed by atoms with van der Waals surface area (Å²) in [5.41, 5.74) is 4.98. The number of aryl methyl sites for hydroxylation is 1. The molecule has 4 aromatic rings. The molecule has 0 aliphatic heterocycles. The molecule has 1 heterocycles. The fourth-order valence-electron chi connectivity index (χ4n) is 3.67. The quantitative estimate of drug-likeness (QED) is 0.330. The number of nitrogens with one attached hydrogen (secondary N) is 2. The van der Waals surface area contributed by atoms with Gasteiger partial charge in [-0.25, -0.2) is 0 Å². The van der Waals surface area contributed by atoms with E-state index in [0.717, 1.165) is 27.6 Å². The van der Waals surface area contributed by atoms with Crippen LogP contribution in [0, 0.1) is 13.8 Å². The number of hydrogen-bond donors (Lipinski definition) is 2. The first-order valence-electron chi connectivity index (χ1n) is 10.5. The predicted octanol–water partition coefficient (Wildman–Crippen LogP) is 6.83. The van der Waals surface area contributed by atoms with Crippen LogP contribution >= 0.6 is 11.3 Å². The number of rotatable bonds is 7. The highest BCUT2D eigenvalue weighted by molar-refractivity contribution is 7.16. The summed E-state index contributed by atoms with van der Waals surface area (Å²) in [5, 5.41) is 7.69. The lowest BCUT2D eigenvalue weighted by Gasteiger charge is -2.23. The van der Waals surface area contributed by atoms with E-state index in [4.69, 9.17) is 4.74 Å². The maximum atomic E-state index is 12.9. The smallest absolute Gasteiger partial charge is 0.256 e. The number of anilines is 2. The number of amides is 1. The lowest BCUT2D eigenvalue weighted by atomic mass is 9.96. The topological polar surface area (TPSA) is 50.4 Å². The van der Waals surface area contributed by atoms with Gasteiger partial charge in [-0.15, -0.1) is 11.3 Å². The first-order valence-corrected chi connectivity index (χ1v) is 11.3. The van der Waals surface area contributed by atoms with Crippen LogP contribution in [0.3, 0.4) is 0 Å². The maximum Gasteiger partial charge on any atom is 0.256 e. The average molecular weight is 443 g/mol. The molecule has 162 valence electrons. The average Bonchev–Trinajstić information content (AvgIpc) is 3.11. The van der Waals surface area contributed by atoms with Crippen LogP contribution < -0.4 is 15.4 Å². The van der Waals surface area contributed by atoms with Gasteiger partial charge in [-0.3, -0.25) is 4.79 Å². The zero-order chi connectivity index (χ0) is 22.5. The van der Waals surface area contributed by atoms with Gasteiger partial charge in [0.1, 0.15) is 10.8 Å². The van der Waals surface area contributed by atoms with E-state index < -0.39 is 0 Å². The Balaban J connectivity index is 1.76. The van der Waals surface area contributed by atoms with Crippen LogP contribution in [0.4, 0.5) is 10.7 Å². The highest BCUT2D eigenvalue weighted by Crippen LogP contribution is 2.41. The van der Waals surface area contributed by atoms with Crippen LogP contribution in [0.25, 0.3) is 0 Å². The summed E-state index contributed by atoms with van der Waals surface area (Å²) in [6, 6.07) is 27.3. The molecule has 0 aliphatic rings. The SMILES string of the molecule is COc1ccc([C@@H](Nc2ccccc2)c2c(NC(=O)c3ccccc3)sc(C)c2C)cc1. The molecular formula is C27H26N2O2S. The molecule has 0 bridgehead atoms. The molecule has 0 spiro atoms. The molecule has 0 fully saturated rings. The van der Waals surface area contributed by atoms with E-state index in [-0.39, 0.29) is 11.9 Å². The molecule has 5 heteroatoms. The van der Waals surface area contributed by atoms with Crippen molar-refractivity contribution in [2.24, 2.45) is 0 Å². The molecule has 0 aliphatic carbocycles. The van der Waals surface area contributed by atoms with Crippen molar-refractivity contribution in [1.82, 2.24) is 0 Å². The first kappa shape index (κ1) is 21.7. The van der Waals surface area contributed by atoms with Crippen molar-refractivity contribution < 1.29 is 9.53 Å². The molecule has 1 amide bonds. The molecule has 1 aromatic heterocycles. The number of benzene rings is 3. The van der Waals surface area contributed by atoms with E-state index >= 15 is 0 Å². The first-order chi connectivity index (χ1) is 15.6. The minimum atomic E-state index is -0.140. The fourth-order valence-corrected chi connectivity index (χ4v) is 4.76. The molecule has 0 saturated heterocycles. The Labute approximate surface area is 192 Å². The molecule has 0 radical (unpaired) electrons. The number of hydrogen-bond acceptors (Lipinski definition) is 4. The zero-order valence-electron chi connectivity index (χ0n) is 18.4. The molecule has 4 rings (SSSR count). The Morgan fingerprint density at radius 2 is 1.50 bits per heavy atom. The van der Waals surface area contributed by atoms with E-state index in [1.165, 1.54) is 10.4 Å². The second-order valence-corrected chi connectivity index (χ2v) is 8.79. The van der Waals surface area contributed by atoms with Crippen LogP contribution in [-0.2, 0) is 0 Å². The van der Waals surface area contributed by atoms with Gasteiger partial charge in [0.05, 0.1) is 13.2 Å². The Morgan fingerprint density at radius 1 is 0.875 bits per heavy atom. The summed E-state index contributed by atoms with van der Waals surface area (Å²) in [7, 11) is 1.66. The van der Waals surface area contributed by atoms with Crippen LogP contribution in [0.5, 0.6) is 5.75 Å². The number of carbonyl (C=O) groups excluding carboxylic acids is 1. The number of para-hydroxylation sites is 1. The van der Waals surface area contributed by atoms with Crippen LogP contribution in [0.15, 0.2) is 84.9 Å². The van der Waals surface area contributed by atoms with Gasteiger partial charge in [0.15, 0.2) is 0 Å². The predicted molar refractivity (Wildman–Crippen MR) is 133 cm³/mol. The van der Waals surface area contributed by atoms with E-state index in [9.17, 15) is 4.79 Å². The van der Waals surface area contributed by atoms with Gasteiger partial charge >= 0.3 is 0 Å². The van der Waals surface area contributed by atoms with Gasteiger partial charge in [0, 0.05) is 21.7 Å². The summed E-state index contributed by atoms with van der Waals surface area (Å²) in [5.74, 6) is 0.698. The van der Waals surface area contributed by atoms with Crippen molar-refractivity contribution in [3.63, 3.8) is 0 Å². The summed E-state index contributed by atoms with van der Waals surface area (Å²) in [6.07, 6.45) is 0. The third-order valence-electron chi connectivity index (χ3n) is 5.52. The third kappa shape index (κ3) is 4.68. The fraction of sp³-hybridized carbons (Fsp3) is 0.148. The maximum absolute atomic E-state index is 12.9. The van der Waals surface area contributed by atoms with Gasteiger partial charge < -0.3 is 15.4 Å². The van der Waals surface area contributed by atoms with E-state index in [1.54, 1.807) is 18.4 Å². The standard InChI is InChI=1S/C27H26N2O2S/c1-18-19(2)32-27(29-26(30)21-10-6-4-7-11-21)24(18)25(28-22-12-8-5-9-13-22)20-14-16-23(31-3)17-15-20/h4-17,25,28H,1-3H3,(H,29,30)/t25-/m1/s1. The number of carbonyl (C=O) groups is 1. The van der Waals surface area contributed by atoms with Crippen LogP contribution in [0.1, 0.15) is 38.0 Å². The molecule has 0 saturated carbocycles. The molecule has 1 atom stereocenters. The van der Waals surface area contributed by atoms with Crippen molar-refractivity contribution >= 4 is 27.9 Å². The van der Waals surface area contributed by atoms with Gasteiger partial charge in [-0.2, -0.15) is 0 Å². The molecule has 0 unspecified atom stereocenters. The number of thiophene rings is 1. The van der Waals surface area contributed by atoms with E-state index in [2.05, 4.69) is 36.6 Å². The van der Waals surface area contributed by atoms with Crippen LogP contribution in [-0.4, -0.2) is 13.0 Å². The van der Waals surface area contributed by atoms with Gasteiger partial charge in [-0.1, -0.05) is 48.5 Å². The van der Waals surface area contributed by atoms with Gasteiger partial charge in [0.25, 0.3) is 5.91 Å². The number of ether oxygens (including phenoxy) is 1. The van der Waals surface area contributed by atoms with Crippen molar-refractivity contribution in [2.45, 2.75) is 19.9 Å². The highest BCUT2D eigenvalue weighted by Gasteiger charge is 2.25. The molecule has 3 aromatic carbocycles. The minimum Gasteiger partial charge on any atom is -0.497 e. The van der Waals surface area contributed by atoms with Crippen LogP contribution in [0.2, 0.25) is 0 Å². The molecule has 4 nitrogen and oxygen atoms in total. The van der Waals surface area contributed by atoms with E-state index in [1.807, 2.05) is 72.8 Å². The Morgan fingerprint density at radius 3 is 2.12 bits per heavy atom. The van der Waals surface area contributed by atoms with Gasteiger partial charge in [0.2, 0.25) is 0 Å². The molecule has 32 heavy (non-hydrogen) atoms. The van der Waals surface area contributed by atoms with Crippen molar-refractivity contribution in [3.8, 4) is 5.75 Å². The zero-order valence-corrected chi connectivity index (χ0v) is 19.2. The van der Waals surface area contributed by atoms with E-state index in [0.29, 0.717) is 5.56 Å². The Kier molecular flexibility index (Phi) is 6.57. The second-order valence-electron chi connectivity index (χ2n) is 7.56. The summed E-state index contributed by atoms with van der Waals surface area (Å²) < 4.78 is 5.35. The molecule has 2 N–H and O–H groups in total. The second kappa shape index (κ2) is 9.71. The van der Waals surface area contributed by atoms with Crippen molar-refractivity contribution in [1.29, 1.82) is 0 Å². The normalized spacial score (nSPS) is 11.6. The Bertz CT molecular complexity index is 1190. The van der Waals surface area contributed by atoms with Crippen molar-refractivity contribution in [2.75, 3.05) is 17.7 Å². The monoisotopic (exact) mass is 442 g/mol. The Hall–Kier alpha value is -3.57. The summed E-state index contributed by atoms with van der Waals surface area (Å²) in [4.78, 5) is 14.1. The molecular weight excluding hydrogens is 416 g/mol. The lowest BCUT2D eigenvalue weighted by Crippen LogP contribution is -2.17. The lowest BCUT2D eigenvalue weighted by molar-refractivity contribution is 0.102. The minimum absolute atomic E-state index is 0.110.